The van der Waals surface area contributed by atoms with Gasteiger partial charge in [-0.1, -0.05) is 57.2 Å². The molecule has 0 heterocycles. The molecule has 0 radical (unpaired) electrons. The standard InChI is InChI=1S/C20H26N2OS/c1-5-17(16-12-10-15(11-13-16)14(2)3)21-20(24)22-18-8-6-7-9-19(18)23-4/h6-14,17H,5H2,1-4H3,(H2,21,22,24). The van der Waals surface area contributed by atoms with Crippen molar-refractivity contribution in [3.8, 4) is 5.75 Å². The average molecular weight is 343 g/mol. The number of thiocarbonyl (C=S) groups is 1. The van der Waals surface area contributed by atoms with Gasteiger partial charge in [0.25, 0.3) is 0 Å². The molecule has 2 aromatic rings. The molecule has 0 aliphatic rings. The first kappa shape index (κ1) is 18.3. The molecule has 0 spiro atoms. The SMILES string of the molecule is CCC(NC(=S)Nc1ccccc1OC)c1ccc(C(C)C)cc1. The van der Waals surface area contributed by atoms with Gasteiger partial charge in [-0.3, -0.25) is 0 Å². The summed E-state index contributed by atoms with van der Waals surface area (Å²) in [6.07, 6.45) is 0.953. The molecule has 0 bridgehead atoms. The molecule has 3 nitrogen and oxygen atoms in total. The van der Waals surface area contributed by atoms with E-state index in [4.69, 9.17) is 17.0 Å². The Morgan fingerprint density at radius 2 is 1.67 bits per heavy atom. The third-order valence-electron chi connectivity index (χ3n) is 4.07. The van der Waals surface area contributed by atoms with Gasteiger partial charge in [-0.25, -0.2) is 0 Å². The maximum Gasteiger partial charge on any atom is 0.171 e. The monoisotopic (exact) mass is 342 g/mol. The predicted molar refractivity (Wildman–Crippen MR) is 106 cm³/mol. The maximum atomic E-state index is 5.48. The molecule has 128 valence electrons. The van der Waals surface area contributed by atoms with Crippen molar-refractivity contribution in [3.05, 3.63) is 59.7 Å². The van der Waals surface area contributed by atoms with E-state index in [9.17, 15) is 0 Å². The van der Waals surface area contributed by atoms with Gasteiger partial charge in [0.2, 0.25) is 0 Å². The minimum absolute atomic E-state index is 0.181. The van der Waals surface area contributed by atoms with Gasteiger partial charge < -0.3 is 15.4 Å². The van der Waals surface area contributed by atoms with Crippen molar-refractivity contribution in [2.75, 3.05) is 12.4 Å². The zero-order valence-corrected chi connectivity index (χ0v) is 15.6. The van der Waals surface area contributed by atoms with Gasteiger partial charge in [0, 0.05) is 0 Å². The van der Waals surface area contributed by atoms with E-state index in [-0.39, 0.29) is 6.04 Å². The molecule has 2 aromatic carbocycles. The molecule has 0 amide bonds. The van der Waals surface area contributed by atoms with Crippen LogP contribution < -0.4 is 15.4 Å². The fraction of sp³-hybridized carbons (Fsp3) is 0.350. The number of para-hydroxylation sites is 2. The van der Waals surface area contributed by atoms with Gasteiger partial charge in [0.05, 0.1) is 18.8 Å². The van der Waals surface area contributed by atoms with E-state index in [0.717, 1.165) is 17.9 Å². The van der Waals surface area contributed by atoms with Gasteiger partial charge in [-0.15, -0.1) is 0 Å². The number of hydrogen-bond donors (Lipinski definition) is 2. The summed E-state index contributed by atoms with van der Waals surface area (Å²) in [6, 6.07) is 16.7. The first-order chi connectivity index (χ1) is 11.5. The van der Waals surface area contributed by atoms with E-state index in [1.54, 1.807) is 7.11 Å². The molecule has 1 unspecified atom stereocenters. The van der Waals surface area contributed by atoms with Crippen LogP contribution in [0.15, 0.2) is 48.5 Å². The molecule has 4 heteroatoms. The summed E-state index contributed by atoms with van der Waals surface area (Å²) in [7, 11) is 1.65. The Balaban J connectivity index is 2.05. The summed E-state index contributed by atoms with van der Waals surface area (Å²) >= 11 is 5.48. The highest BCUT2D eigenvalue weighted by Crippen LogP contribution is 2.24. The minimum atomic E-state index is 0.181. The highest BCUT2D eigenvalue weighted by atomic mass is 32.1. The van der Waals surface area contributed by atoms with Crippen molar-refractivity contribution in [2.45, 2.75) is 39.2 Å². The van der Waals surface area contributed by atoms with Crippen LogP contribution in [0.4, 0.5) is 5.69 Å². The van der Waals surface area contributed by atoms with Crippen LogP contribution in [0.2, 0.25) is 0 Å². The highest BCUT2D eigenvalue weighted by molar-refractivity contribution is 7.80. The van der Waals surface area contributed by atoms with Crippen LogP contribution >= 0.6 is 12.2 Å². The Hall–Kier alpha value is -2.07. The summed E-state index contributed by atoms with van der Waals surface area (Å²) in [6.45, 7) is 6.56. The smallest absolute Gasteiger partial charge is 0.171 e. The molecule has 2 N–H and O–H groups in total. The fourth-order valence-corrected chi connectivity index (χ4v) is 2.85. The topological polar surface area (TPSA) is 33.3 Å². The largest absolute Gasteiger partial charge is 0.495 e. The van der Waals surface area contributed by atoms with Gasteiger partial charge in [0.15, 0.2) is 5.11 Å². The minimum Gasteiger partial charge on any atom is -0.495 e. The van der Waals surface area contributed by atoms with Crippen molar-refractivity contribution in [1.29, 1.82) is 0 Å². The predicted octanol–water partition coefficient (Wildman–Crippen LogP) is 5.26. The molecular formula is C20H26N2OS. The number of ether oxygens (including phenoxy) is 1. The molecule has 24 heavy (non-hydrogen) atoms. The normalized spacial score (nSPS) is 11.9. The second-order valence-electron chi connectivity index (χ2n) is 6.08. The van der Waals surface area contributed by atoms with Gasteiger partial charge in [0.1, 0.15) is 5.75 Å². The average Bonchev–Trinajstić information content (AvgIpc) is 2.60. The lowest BCUT2D eigenvalue weighted by atomic mass is 9.98. The molecular weight excluding hydrogens is 316 g/mol. The number of benzene rings is 2. The number of hydrogen-bond acceptors (Lipinski definition) is 2. The second-order valence-corrected chi connectivity index (χ2v) is 6.49. The summed E-state index contributed by atoms with van der Waals surface area (Å²) in [5.74, 6) is 1.32. The van der Waals surface area contributed by atoms with Crippen LogP contribution in [0.1, 0.15) is 50.3 Å². The number of anilines is 1. The number of nitrogens with one attached hydrogen (secondary N) is 2. The third-order valence-corrected chi connectivity index (χ3v) is 4.29. The molecule has 1 atom stereocenters. The zero-order chi connectivity index (χ0) is 17.5. The van der Waals surface area contributed by atoms with Crippen LogP contribution in [0, 0.1) is 0 Å². The van der Waals surface area contributed by atoms with Crippen molar-refractivity contribution in [1.82, 2.24) is 5.32 Å². The highest BCUT2D eigenvalue weighted by Gasteiger charge is 2.12. The first-order valence-electron chi connectivity index (χ1n) is 8.35. The lowest BCUT2D eigenvalue weighted by molar-refractivity contribution is 0.417. The Kier molecular flexibility index (Phi) is 6.62. The number of methoxy groups -OCH3 is 1. The summed E-state index contributed by atoms with van der Waals surface area (Å²) < 4.78 is 5.35. The summed E-state index contributed by atoms with van der Waals surface area (Å²) in [4.78, 5) is 0. The molecule has 0 aliphatic carbocycles. The zero-order valence-electron chi connectivity index (χ0n) is 14.8. The molecule has 0 saturated heterocycles. The summed E-state index contributed by atoms with van der Waals surface area (Å²) in [5, 5.41) is 7.21. The molecule has 0 aromatic heterocycles. The van der Waals surface area contributed by atoms with E-state index >= 15 is 0 Å². The molecule has 0 saturated carbocycles. The lowest BCUT2D eigenvalue weighted by Gasteiger charge is -2.21. The first-order valence-corrected chi connectivity index (χ1v) is 8.76. The van der Waals surface area contributed by atoms with E-state index in [0.29, 0.717) is 11.0 Å². The van der Waals surface area contributed by atoms with Crippen LogP contribution in [0.5, 0.6) is 5.75 Å². The Morgan fingerprint density at radius 1 is 1.04 bits per heavy atom. The lowest BCUT2D eigenvalue weighted by Crippen LogP contribution is -2.32. The van der Waals surface area contributed by atoms with Crippen LogP contribution in [-0.2, 0) is 0 Å². The van der Waals surface area contributed by atoms with Crippen molar-refractivity contribution in [3.63, 3.8) is 0 Å². The van der Waals surface area contributed by atoms with Gasteiger partial charge >= 0.3 is 0 Å². The molecule has 0 fully saturated rings. The Labute approximate surface area is 150 Å². The Morgan fingerprint density at radius 3 is 2.25 bits per heavy atom. The molecule has 0 aliphatic heterocycles. The van der Waals surface area contributed by atoms with Crippen LogP contribution in [-0.4, -0.2) is 12.2 Å². The molecule has 2 rings (SSSR count). The van der Waals surface area contributed by atoms with E-state index < -0.39 is 0 Å². The maximum absolute atomic E-state index is 5.48. The van der Waals surface area contributed by atoms with Crippen molar-refractivity contribution >= 4 is 23.0 Å². The van der Waals surface area contributed by atoms with E-state index in [1.165, 1.54) is 11.1 Å². The third kappa shape index (κ3) is 4.71. The van der Waals surface area contributed by atoms with E-state index in [1.807, 2.05) is 24.3 Å². The second kappa shape index (κ2) is 8.69. The van der Waals surface area contributed by atoms with Crippen LogP contribution in [0.25, 0.3) is 0 Å². The fourth-order valence-electron chi connectivity index (χ4n) is 2.60. The Bertz CT molecular complexity index is 668. The van der Waals surface area contributed by atoms with Gasteiger partial charge in [-0.2, -0.15) is 0 Å². The summed E-state index contributed by atoms with van der Waals surface area (Å²) in [5.41, 5.74) is 3.46. The van der Waals surface area contributed by atoms with E-state index in [2.05, 4.69) is 55.7 Å². The van der Waals surface area contributed by atoms with Crippen LogP contribution in [0.3, 0.4) is 0 Å². The van der Waals surface area contributed by atoms with Crippen molar-refractivity contribution < 1.29 is 4.74 Å². The van der Waals surface area contributed by atoms with Gasteiger partial charge in [-0.05, 0) is 47.8 Å². The number of rotatable bonds is 6. The van der Waals surface area contributed by atoms with Crippen molar-refractivity contribution in [2.24, 2.45) is 0 Å². The quantitative estimate of drug-likeness (QED) is 0.702.